The molecule has 0 aliphatic heterocycles. The van der Waals surface area contributed by atoms with Crippen LogP contribution in [0.25, 0.3) is 28.2 Å². The van der Waals surface area contributed by atoms with Crippen LogP contribution in [0, 0.1) is 0 Å². The fourth-order valence-corrected chi connectivity index (χ4v) is 4.56. The van der Waals surface area contributed by atoms with Crippen molar-refractivity contribution in [1.29, 1.82) is 0 Å². The number of hydrogen-bond acceptors (Lipinski definition) is 7. The lowest BCUT2D eigenvalue weighted by Crippen LogP contribution is -2.40. The van der Waals surface area contributed by atoms with Gasteiger partial charge in [-0.1, -0.05) is 12.1 Å². The lowest BCUT2D eigenvalue weighted by Gasteiger charge is -2.30. The summed E-state index contributed by atoms with van der Waals surface area (Å²) in [6.07, 6.45) is 1.78. The zero-order valence-electron chi connectivity index (χ0n) is 19.3. The van der Waals surface area contributed by atoms with E-state index in [2.05, 4.69) is 48.3 Å². The van der Waals surface area contributed by atoms with E-state index in [0.29, 0.717) is 29.3 Å². The normalized spacial score (nSPS) is 11.7. The van der Waals surface area contributed by atoms with E-state index in [9.17, 15) is 4.79 Å². The van der Waals surface area contributed by atoms with Gasteiger partial charge in [-0.05, 0) is 51.3 Å². The third kappa shape index (κ3) is 4.89. The second-order valence-corrected chi connectivity index (χ2v) is 9.24. The quantitative estimate of drug-likeness (QED) is 0.386. The highest BCUT2D eigenvalue weighted by atomic mass is 32.1. The fraction of sp³-hybridized carbons (Fsp3) is 0.333. The third-order valence-electron chi connectivity index (χ3n) is 5.60. The number of thiophene rings is 1. The number of amides is 1. The first kappa shape index (κ1) is 22.9. The minimum atomic E-state index is -0.462. The minimum Gasteiger partial charge on any atom is -0.367 e. The van der Waals surface area contributed by atoms with E-state index >= 15 is 0 Å². The van der Waals surface area contributed by atoms with E-state index in [0.717, 1.165) is 35.5 Å². The standard InChI is InChI=1S/C24H29N7OS/c1-15(2)30(16(3)4)11-10-26-23-20-24(31(14-27-20)19-9-12-33-13-19)29-22(28-23)18-7-5-17(6-8-18)21(25)32/h5-9,12-16H,10-11H2,1-4H3,(H2,25,32)(H,26,28,29). The van der Waals surface area contributed by atoms with E-state index in [1.54, 1.807) is 29.8 Å². The molecular formula is C24H29N7OS. The van der Waals surface area contributed by atoms with E-state index in [4.69, 9.17) is 15.7 Å². The molecular weight excluding hydrogens is 434 g/mol. The number of primary amides is 1. The molecule has 0 radical (unpaired) electrons. The number of nitrogens with one attached hydrogen (secondary N) is 1. The van der Waals surface area contributed by atoms with Crippen LogP contribution >= 0.6 is 11.3 Å². The monoisotopic (exact) mass is 463 g/mol. The molecule has 3 aromatic heterocycles. The summed E-state index contributed by atoms with van der Waals surface area (Å²) >= 11 is 1.62. The minimum absolute atomic E-state index is 0.448. The van der Waals surface area contributed by atoms with Gasteiger partial charge in [0.25, 0.3) is 0 Å². The van der Waals surface area contributed by atoms with Crippen LogP contribution in [0.1, 0.15) is 38.1 Å². The summed E-state index contributed by atoms with van der Waals surface area (Å²) in [6, 6.07) is 9.95. The van der Waals surface area contributed by atoms with Crippen LogP contribution in [0.5, 0.6) is 0 Å². The number of carbonyl (C=O) groups is 1. The highest BCUT2D eigenvalue weighted by Gasteiger charge is 2.17. The molecule has 0 saturated carbocycles. The predicted molar refractivity (Wildman–Crippen MR) is 134 cm³/mol. The van der Waals surface area contributed by atoms with Crippen molar-refractivity contribution in [3.63, 3.8) is 0 Å². The molecule has 9 heteroatoms. The summed E-state index contributed by atoms with van der Waals surface area (Å²) in [7, 11) is 0. The molecule has 33 heavy (non-hydrogen) atoms. The number of nitrogens with zero attached hydrogens (tertiary/aromatic N) is 5. The van der Waals surface area contributed by atoms with Gasteiger partial charge in [0.2, 0.25) is 5.91 Å². The van der Waals surface area contributed by atoms with Gasteiger partial charge in [-0.15, -0.1) is 0 Å². The Kier molecular flexibility index (Phi) is 6.71. The number of aromatic nitrogens is 4. The number of fused-ring (bicyclic) bond motifs is 1. The van der Waals surface area contributed by atoms with Crippen LogP contribution in [0.3, 0.4) is 0 Å². The van der Waals surface area contributed by atoms with Crippen molar-refractivity contribution in [2.24, 2.45) is 5.73 Å². The first-order valence-corrected chi connectivity index (χ1v) is 12.0. The SMILES string of the molecule is CC(C)N(CCNc1nc(-c2ccc(C(N)=O)cc2)nc2c1ncn2-c1ccsc1)C(C)C. The Labute approximate surface area is 197 Å². The van der Waals surface area contributed by atoms with Crippen molar-refractivity contribution >= 4 is 34.2 Å². The van der Waals surface area contributed by atoms with Crippen LogP contribution in [-0.4, -0.2) is 55.5 Å². The number of imidazole rings is 1. The average molecular weight is 464 g/mol. The molecule has 0 spiro atoms. The molecule has 172 valence electrons. The fourth-order valence-electron chi connectivity index (χ4n) is 3.94. The number of carbonyl (C=O) groups excluding carboxylic acids is 1. The highest BCUT2D eigenvalue weighted by molar-refractivity contribution is 7.08. The molecule has 4 rings (SSSR count). The maximum Gasteiger partial charge on any atom is 0.248 e. The molecule has 0 unspecified atom stereocenters. The van der Waals surface area contributed by atoms with Gasteiger partial charge in [-0.25, -0.2) is 15.0 Å². The molecule has 0 bridgehead atoms. The van der Waals surface area contributed by atoms with Gasteiger partial charge >= 0.3 is 0 Å². The molecule has 0 atom stereocenters. The lowest BCUT2D eigenvalue weighted by molar-refractivity contribution is 0.100. The van der Waals surface area contributed by atoms with Crippen LogP contribution in [0.4, 0.5) is 5.82 Å². The van der Waals surface area contributed by atoms with E-state index in [1.165, 1.54) is 0 Å². The molecule has 0 aliphatic carbocycles. The summed E-state index contributed by atoms with van der Waals surface area (Å²) in [5.74, 6) is 0.786. The molecule has 3 heterocycles. The van der Waals surface area contributed by atoms with Crippen LogP contribution in [-0.2, 0) is 0 Å². The van der Waals surface area contributed by atoms with Crippen molar-refractivity contribution in [2.45, 2.75) is 39.8 Å². The van der Waals surface area contributed by atoms with Gasteiger partial charge in [0, 0.05) is 41.7 Å². The number of nitrogens with two attached hydrogens (primary N) is 1. The van der Waals surface area contributed by atoms with E-state index < -0.39 is 5.91 Å². The molecule has 0 saturated heterocycles. The third-order valence-corrected chi connectivity index (χ3v) is 6.27. The number of anilines is 1. The number of rotatable bonds is 9. The first-order chi connectivity index (χ1) is 15.8. The molecule has 0 fully saturated rings. The molecule has 1 aromatic carbocycles. The maximum absolute atomic E-state index is 11.5. The van der Waals surface area contributed by atoms with Gasteiger partial charge in [-0.2, -0.15) is 11.3 Å². The summed E-state index contributed by atoms with van der Waals surface area (Å²) in [5.41, 5.74) is 9.09. The van der Waals surface area contributed by atoms with Crippen molar-refractivity contribution in [1.82, 2.24) is 24.4 Å². The Hall–Kier alpha value is -3.30. The number of hydrogen-bond donors (Lipinski definition) is 2. The highest BCUT2D eigenvalue weighted by Crippen LogP contribution is 2.27. The lowest BCUT2D eigenvalue weighted by atomic mass is 10.1. The van der Waals surface area contributed by atoms with Gasteiger partial charge in [0.05, 0.1) is 5.69 Å². The first-order valence-electron chi connectivity index (χ1n) is 11.0. The van der Waals surface area contributed by atoms with Crippen molar-refractivity contribution in [3.05, 3.63) is 53.0 Å². The van der Waals surface area contributed by atoms with Gasteiger partial charge < -0.3 is 11.1 Å². The second kappa shape index (κ2) is 9.68. The largest absolute Gasteiger partial charge is 0.367 e. The maximum atomic E-state index is 11.5. The van der Waals surface area contributed by atoms with Crippen LogP contribution < -0.4 is 11.1 Å². The molecule has 1 amide bonds. The van der Waals surface area contributed by atoms with Gasteiger partial charge in [-0.3, -0.25) is 14.3 Å². The summed E-state index contributed by atoms with van der Waals surface area (Å²) < 4.78 is 1.97. The van der Waals surface area contributed by atoms with Crippen molar-refractivity contribution in [3.8, 4) is 17.1 Å². The Morgan fingerprint density at radius 1 is 1.12 bits per heavy atom. The Morgan fingerprint density at radius 2 is 1.85 bits per heavy atom. The summed E-state index contributed by atoms with van der Waals surface area (Å²) in [4.78, 5) is 28.1. The Morgan fingerprint density at radius 3 is 2.45 bits per heavy atom. The smallest absolute Gasteiger partial charge is 0.248 e. The van der Waals surface area contributed by atoms with E-state index in [1.807, 2.05) is 28.1 Å². The van der Waals surface area contributed by atoms with Crippen molar-refractivity contribution in [2.75, 3.05) is 18.4 Å². The molecule has 4 aromatic rings. The number of benzene rings is 1. The zero-order valence-corrected chi connectivity index (χ0v) is 20.1. The Balaban J connectivity index is 1.72. The van der Waals surface area contributed by atoms with Gasteiger partial charge in [0.15, 0.2) is 22.8 Å². The van der Waals surface area contributed by atoms with E-state index in [-0.39, 0.29) is 0 Å². The molecule has 8 nitrogen and oxygen atoms in total. The predicted octanol–water partition coefficient (Wildman–Crippen LogP) is 4.17. The Bertz CT molecular complexity index is 1220. The van der Waals surface area contributed by atoms with Crippen molar-refractivity contribution < 1.29 is 4.79 Å². The molecule has 0 aliphatic rings. The van der Waals surface area contributed by atoms with Crippen LogP contribution in [0.15, 0.2) is 47.4 Å². The molecule has 3 N–H and O–H groups in total. The summed E-state index contributed by atoms with van der Waals surface area (Å²) in [5, 5.41) is 7.57. The van der Waals surface area contributed by atoms with Crippen LogP contribution in [0.2, 0.25) is 0 Å². The second-order valence-electron chi connectivity index (χ2n) is 8.46. The van der Waals surface area contributed by atoms with Gasteiger partial charge in [0.1, 0.15) is 6.33 Å². The summed E-state index contributed by atoms with van der Waals surface area (Å²) in [6.45, 7) is 10.4. The topological polar surface area (TPSA) is 102 Å². The average Bonchev–Trinajstić information content (AvgIpc) is 3.45. The zero-order chi connectivity index (χ0) is 23.5.